The summed E-state index contributed by atoms with van der Waals surface area (Å²) < 4.78 is 5.69. The van der Waals surface area contributed by atoms with Crippen molar-refractivity contribution in [3.05, 3.63) is 65.2 Å². The summed E-state index contributed by atoms with van der Waals surface area (Å²) in [4.78, 5) is 27.5. The van der Waals surface area contributed by atoms with Crippen molar-refractivity contribution in [2.24, 2.45) is 0 Å². The number of ether oxygens (including phenoxy) is 1. The van der Waals surface area contributed by atoms with E-state index >= 15 is 0 Å². The fourth-order valence-electron chi connectivity index (χ4n) is 3.16. The second-order valence-corrected chi connectivity index (χ2v) is 7.94. The normalized spacial score (nSPS) is 11.8. The van der Waals surface area contributed by atoms with Crippen LogP contribution in [0.15, 0.2) is 54.6 Å². The summed E-state index contributed by atoms with van der Waals surface area (Å²) in [6.45, 7) is 6.55. The summed E-state index contributed by atoms with van der Waals surface area (Å²) in [6.07, 6.45) is 1.43. The number of rotatable bonds is 11. The number of carbonyl (C=O) groups is 2. The molecule has 0 radical (unpaired) electrons. The van der Waals surface area contributed by atoms with Gasteiger partial charge in [0.2, 0.25) is 11.8 Å². The topological polar surface area (TPSA) is 58.6 Å². The van der Waals surface area contributed by atoms with E-state index in [0.717, 1.165) is 11.3 Å². The number of halogens is 1. The maximum atomic E-state index is 13.1. The predicted molar refractivity (Wildman–Crippen MR) is 121 cm³/mol. The number of hydrogen-bond acceptors (Lipinski definition) is 3. The highest BCUT2D eigenvalue weighted by Crippen LogP contribution is 2.17. The molecular formula is C24H31ClN2O3. The summed E-state index contributed by atoms with van der Waals surface area (Å²) in [6, 6.07) is 16.4. The summed E-state index contributed by atoms with van der Waals surface area (Å²) in [5, 5.41) is 3.57. The van der Waals surface area contributed by atoms with Crippen molar-refractivity contribution in [1.29, 1.82) is 0 Å². The Morgan fingerprint density at radius 3 is 2.33 bits per heavy atom. The molecule has 5 nitrogen and oxygen atoms in total. The molecule has 6 heteroatoms. The van der Waals surface area contributed by atoms with Crippen molar-refractivity contribution in [2.75, 3.05) is 6.61 Å². The van der Waals surface area contributed by atoms with Gasteiger partial charge in [0, 0.05) is 24.0 Å². The summed E-state index contributed by atoms with van der Waals surface area (Å²) in [5.41, 5.74) is 0.934. The molecule has 2 amide bonds. The Balaban J connectivity index is 2.05. The number of amides is 2. The highest BCUT2D eigenvalue weighted by atomic mass is 35.5. The number of para-hydroxylation sites is 1. The minimum absolute atomic E-state index is 0.0123. The van der Waals surface area contributed by atoms with E-state index in [-0.39, 0.29) is 17.9 Å². The highest BCUT2D eigenvalue weighted by molar-refractivity contribution is 6.30. The van der Waals surface area contributed by atoms with Gasteiger partial charge in [0.15, 0.2) is 0 Å². The minimum atomic E-state index is -0.523. The quantitative estimate of drug-likeness (QED) is 0.519. The molecule has 0 fully saturated rings. The van der Waals surface area contributed by atoms with Crippen molar-refractivity contribution in [1.82, 2.24) is 10.2 Å². The lowest BCUT2D eigenvalue weighted by Crippen LogP contribution is -2.50. The molecular weight excluding hydrogens is 400 g/mol. The van der Waals surface area contributed by atoms with E-state index in [1.54, 1.807) is 17.0 Å². The molecule has 0 aliphatic heterocycles. The summed E-state index contributed by atoms with van der Waals surface area (Å²) in [7, 11) is 0. The van der Waals surface area contributed by atoms with Crippen LogP contribution < -0.4 is 10.1 Å². The molecule has 1 unspecified atom stereocenters. The van der Waals surface area contributed by atoms with Gasteiger partial charge in [0.25, 0.3) is 0 Å². The Morgan fingerprint density at radius 2 is 1.73 bits per heavy atom. The van der Waals surface area contributed by atoms with Crippen molar-refractivity contribution in [3.8, 4) is 5.75 Å². The fourth-order valence-corrected chi connectivity index (χ4v) is 3.29. The molecule has 0 spiro atoms. The van der Waals surface area contributed by atoms with Crippen LogP contribution in [0.2, 0.25) is 5.02 Å². The molecule has 2 rings (SSSR count). The van der Waals surface area contributed by atoms with Crippen molar-refractivity contribution < 1.29 is 14.3 Å². The number of hydrogen-bond donors (Lipinski definition) is 1. The Hall–Kier alpha value is -2.53. The molecule has 1 N–H and O–H groups in total. The Kier molecular flexibility index (Phi) is 9.68. The van der Waals surface area contributed by atoms with Crippen LogP contribution in [-0.4, -0.2) is 35.4 Å². The molecule has 0 aromatic heterocycles. The molecule has 0 aliphatic carbocycles. The fraction of sp³-hybridized carbons (Fsp3) is 0.417. The van der Waals surface area contributed by atoms with Crippen LogP contribution >= 0.6 is 11.6 Å². The second-order valence-electron chi connectivity index (χ2n) is 7.50. The van der Waals surface area contributed by atoms with Gasteiger partial charge in [-0.2, -0.15) is 0 Å². The van der Waals surface area contributed by atoms with Crippen LogP contribution in [0.5, 0.6) is 5.75 Å². The van der Waals surface area contributed by atoms with Crippen LogP contribution in [0.3, 0.4) is 0 Å². The lowest BCUT2D eigenvalue weighted by molar-refractivity contribution is -0.141. The van der Waals surface area contributed by atoms with Gasteiger partial charge in [-0.3, -0.25) is 9.59 Å². The van der Waals surface area contributed by atoms with E-state index in [1.807, 2.05) is 63.2 Å². The van der Waals surface area contributed by atoms with Gasteiger partial charge in [-0.25, -0.2) is 0 Å². The van der Waals surface area contributed by atoms with Gasteiger partial charge in [0.05, 0.1) is 6.61 Å². The van der Waals surface area contributed by atoms with Gasteiger partial charge < -0.3 is 15.0 Å². The Labute approximate surface area is 184 Å². The SMILES string of the molecule is CCC(C(=O)NC(C)C)N(Cc1ccc(Cl)cc1)C(=O)CCCOc1ccccc1. The molecule has 2 aromatic carbocycles. The third-order valence-corrected chi connectivity index (χ3v) is 4.88. The van der Waals surface area contributed by atoms with Gasteiger partial charge >= 0.3 is 0 Å². The third-order valence-electron chi connectivity index (χ3n) is 4.63. The van der Waals surface area contributed by atoms with Gasteiger partial charge in [0.1, 0.15) is 11.8 Å². The molecule has 0 bridgehead atoms. The molecule has 30 heavy (non-hydrogen) atoms. The molecule has 2 aromatic rings. The van der Waals surface area contributed by atoms with Crippen LogP contribution in [0, 0.1) is 0 Å². The van der Waals surface area contributed by atoms with Gasteiger partial charge in [-0.15, -0.1) is 0 Å². The first kappa shape index (κ1) is 23.7. The largest absolute Gasteiger partial charge is 0.494 e. The van der Waals surface area contributed by atoms with E-state index in [4.69, 9.17) is 16.3 Å². The van der Waals surface area contributed by atoms with Gasteiger partial charge in [-0.1, -0.05) is 48.9 Å². The standard InChI is InChI=1S/C24H31ClN2O3/c1-4-22(24(29)26-18(2)3)27(17-19-12-14-20(25)15-13-19)23(28)11-8-16-30-21-9-6-5-7-10-21/h5-7,9-10,12-15,18,22H,4,8,11,16-17H2,1-3H3,(H,26,29). The van der Waals surface area contributed by atoms with Crippen molar-refractivity contribution >= 4 is 23.4 Å². The zero-order valence-electron chi connectivity index (χ0n) is 17.9. The Morgan fingerprint density at radius 1 is 1.07 bits per heavy atom. The molecule has 0 heterocycles. The molecule has 0 saturated heterocycles. The number of carbonyl (C=O) groups excluding carboxylic acids is 2. The molecule has 0 saturated carbocycles. The second kappa shape index (κ2) is 12.2. The molecule has 1 atom stereocenters. The number of nitrogens with one attached hydrogen (secondary N) is 1. The summed E-state index contributed by atoms with van der Waals surface area (Å²) >= 11 is 5.98. The first-order chi connectivity index (χ1) is 14.4. The van der Waals surface area contributed by atoms with Crippen molar-refractivity contribution in [2.45, 2.75) is 58.7 Å². The zero-order chi connectivity index (χ0) is 21.9. The average molecular weight is 431 g/mol. The predicted octanol–water partition coefficient (Wildman–Crippen LogP) is 4.83. The first-order valence-electron chi connectivity index (χ1n) is 10.4. The Bertz CT molecular complexity index is 794. The van der Waals surface area contributed by atoms with E-state index in [2.05, 4.69) is 5.32 Å². The van der Waals surface area contributed by atoms with Gasteiger partial charge in [-0.05, 0) is 56.5 Å². The first-order valence-corrected chi connectivity index (χ1v) is 10.8. The van der Waals surface area contributed by atoms with Crippen LogP contribution in [0.1, 0.15) is 45.6 Å². The van der Waals surface area contributed by atoms with Crippen LogP contribution in [0.4, 0.5) is 0 Å². The number of nitrogens with zero attached hydrogens (tertiary/aromatic N) is 1. The average Bonchev–Trinajstić information content (AvgIpc) is 2.72. The van der Waals surface area contributed by atoms with Crippen molar-refractivity contribution in [3.63, 3.8) is 0 Å². The molecule has 162 valence electrons. The van der Waals surface area contributed by atoms with Crippen LogP contribution in [0.25, 0.3) is 0 Å². The smallest absolute Gasteiger partial charge is 0.243 e. The van der Waals surface area contributed by atoms with E-state index in [0.29, 0.717) is 37.4 Å². The van der Waals surface area contributed by atoms with Crippen LogP contribution in [-0.2, 0) is 16.1 Å². The number of benzene rings is 2. The zero-order valence-corrected chi connectivity index (χ0v) is 18.7. The highest BCUT2D eigenvalue weighted by Gasteiger charge is 2.28. The maximum Gasteiger partial charge on any atom is 0.243 e. The monoisotopic (exact) mass is 430 g/mol. The lowest BCUT2D eigenvalue weighted by atomic mass is 10.1. The maximum absolute atomic E-state index is 13.1. The summed E-state index contributed by atoms with van der Waals surface area (Å²) in [5.74, 6) is 0.591. The van der Waals surface area contributed by atoms with E-state index in [1.165, 1.54) is 0 Å². The third kappa shape index (κ3) is 7.71. The van der Waals surface area contributed by atoms with E-state index in [9.17, 15) is 9.59 Å². The van der Waals surface area contributed by atoms with E-state index < -0.39 is 6.04 Å². The lowest BCUT2D eigenvalue weighted by Gasteiger charge is -2.31. The molecule has 0 aliphatic rings. The minimum Gasteiger partial charge on any atom is -0.494 e.